The van der Waals surface area contributed by atoms with Gasteiger partial charge in [-0.2, -0.15) is 0 Å². The third-order valence-electron chi connectivity index (χ3n) is 3.45. The molecule has 0 amide bonds. The van der Waals surface area contributed by atoms with Gasteiger partial charge in [-0.15, -0.1) is 0 Å². The van der Waals surface area contributed by atoms with Gasteiger partial charge in [0.15, 0.2) is 0 Å². The zero-order chi connectivity index (χ0) is 12.1. The molecule has 2 rings (SSSR count). The summed E-state index contributed by atoms with van der Waals surface area (Å²) in [4.78, 5) is 2.41. The van der Waals surface area contributed by atoms with Crippen molar-refractivity contribution in [2.75, 3.05) is 20.2 Å². The van der Waals surface area contributed by atoms with E-state index in [4.69, 9.17) is 4.74 Å². The Bertz CT molecular complexity index is 339. The van der Waals surface area contributed by atoms with E-state index in [1.807, 2.05) is 0 Å². The molecule has 94 valence electrons. The van der Waals surface area contributed by atoms with Crippen molar-refractivity contribution < 1.29 is 9.13 Å². The molecule has 1 aromatic carbocycles. The monoisotopic (exact) mass is 237 g/mol. The number of hydrogen-bond acceptors (Lipinski definition) is 2. The standard InChI is InChI=1S/C14H20FNO/c1-16-10-3-2-4-13(16)9-11-17-14-7-5-12(15)6-8-14/h5-8,13H,2-4,9-11H2,1H3. The fraction of sp³-hybridized carbons (Fsp3) is 0.571. The van der Waals surface area contributed by atoms with Gasteiger partial charge in [-0.1, -0.05) is 6.42 Å². The minimum absolute atomic E-state index is 0.218. The summed E-state index contributed by atoms with van der Waals surface area (Å²) in [6.07, 6.45) is 4.95. The van der Waals surface area contributed by atoms with E-state index in [2.05, 4.69) is 11.9 Å². The predicted molar refractivity (Wildman–Crippen MR) is 66.8 cm³/mol. The molecule has 0 radical (unpaired) electrons. The minimum atomic E-state index is -0.218. The second-order valence-electron chi connectivity index (χ2n) is 4.72. The van der Waals surface area contributed by atoms with Gasteiger partial charge in [0.05, 0.1) is 6.61 Å². The Morgan fingerprint density at radius 2 is 2.06 bits per heavy atom. The van der Waals surface area contributed by atoms with E-state index in [1.165, 1.54) is 37.9 Å². The van der Waals surface area contributed by atoms with Crippen molar-refractivity contribution in [3.8, 4) is 5.75 Å². The summed E-state index contributed by atoms with van der Waals surface area (Å²) in [5.74, 6) is 0.536. The van der Waals surface area contributed by atoms with Crippen molar-refractivity contribution >= 4 is 0 Å². The molecule has 17 heavy (non-hydrogen) atoms. The molecule has 0 aromatic heterocycles. The third kappa shape index (κ3) is 3.70. The van der Waals surface area contributed by atoms with Crippen molar-refractivity contribution in [3.63, 3.8) is 0 Å². The summed E-state index contributed by atoms with van der Waals surface area (Å²) in [7, 11) is 2.18. The van der Waals surface area contributed by atoms with Gasteiger partial charge in [-0.25, -0.2) is 4.39 Å². The van der Waals surface area contributed by atoms with E-state index in [9.17, 15) is 4.39 Å². The molecule has 3 heteroatoms. The summed E-state index contributed by atoms with van der Waals surface area (Å²) < 4.78 is 18.3. The number of benzene rings is 1. The smallest absolute Gasteiger partial charge is 0.123 e. The second kappa shape index (κ2) is 6.01. The second-order valence-corrected chi connectivity index (χ2v) is 4.72. The summed E-state index contributed by atoms with van der Waals surface area (Å²) in [5.41, 5.74) is 0. The summed E-state index contributed by atoms with van der Waals surface area (Å²) in [6.45, 7) is 1.90. The van der Waals surface area contributed by atoms with Crippen LogP contribution in [0.5, 0.6) is 5.75 Å². The molecule has 1 saturated heterocycles. The van der Waals surface area contributed by atoms with Crippen LogP contribution in [0.25, 0.3) is 0 Å². The lowest BCUT2D eigenvalue weighted by Crippen LogP contribution is -2.37. The van der Waals surface area contributed by atoms with Crippen LogP contribution in [0, 0.1) is 5.82 Å². The molecule has 1 heterocycles. The molecule has 0 spiro atoms. The Hall–Kier alpha value is -1.09. The lowest BCUT2D eigenvalue weighted by Gasteiger charge is -2.32. The van der Waals surface area contributed by atoms with Crippen LogP contribution in [0.2, 0.25) is 0 Å². The third-order valence-corrected chi connectivity index (χ3v) is 3.45. The van der Waals surface area contributed by atoms with E-state index in [0.717, 1.165) is 12.2 Å². The number of rotatable bonds is 4. The normalized spacial score (nSPS) is 21.4. The molecule has 1 fully saturated rings. The lowest BCUT2D eigenvalue weighted by molar-refractivity contribution is 0.153. The van der Waals surface area contributed by atoms with E-state index < -0.39 is 0 Å². The van der Waals surface area contributed by atoms with Crippen molar-refractivity contribution in [1.82, 2.24) is 4.90 Å². The quantitative estimate of drug-likeness (QED) is 0.798. The maximum atomic E-state index is 12.7. The molecule has 0 bridgehead atoms. The van der Waals surface area contributed by atoms with Crippen LogP contribution in [0.4, 0.5) is 4.39 Å². The molecule has 2 nitrogen and oxygen atoms in total. The van der Waals surface area contributed by atoms with Gasteiger partial charge in [0.2, 0.25) is 0 Å². The Morgan fingerprint density at radius 3 is 2.76 bits per heavy atom. The van der Waals surface area contributed by atoms with E-state index in [0.29, 0.717) is 12.6 Å². The number of halogens is 1. The van der Waals surface area contributed by atoms with Crippen molar-refractivity contribution in [1.29, 1.82) is 0 Å². The molecule has 0 saturated carbocycles. The summed E-state index contributed by atoms with van der Waals surface area (Å²) in [6, 6.07) is 6.87. The van der Waals surface area contributed by atoms with Crippen LogP contribution in [0.1, 0.15) is 25.7 Å². The highest BCUT2D eigenvalue weighted by Gasteiger charge is 2.18. The molecular formula is C14H20FNO. The summed E-state index contributed by atoms with van der Waals surface area (Å²) >= 11 is 0. The molecule has 1 aliphatic heterocycles. The van der Waals surface area contributed by atoms with Gasteiger partial charge in [0.1, 0.15) is 11.6 Å². The van der Waals surface area contributed by atoms with Gasteiger partial charge in [-0.05, 0) is 57.1 Å². The topological polar surface area (TPSA) is 12.5 Å². The summed E-state index contributed by atoms with van der Waals surface area (Å²) in [5, 5.41) is 0. The molecule has 0 N–H and O–H groups in total. The van der Waals surface area contributed by atoms with Gasteiger partial charge >= 0.3 is 0 Å². The largest absolute Gasteiger partial charge is 0.494 e. The Balaban J connectivity index is 1.73. The molecule has 1 aromatic rings. The van der Waals surface area contributed by atoms with Crippen molar-refractivity contribution in [2.45, 2.75) is 31.7 Å². The fourth-order valence-electron chi connectivity index (χ4n) is 2.35. The zero-order valence-corrected chi connectivity index (χ0v) is 10.4. The predicted octanol–water partition coefficient (Wildman–Crippen LogP) is 3.08. The highest BCUT2D eigenvalue weighted by molar-refractivity contribution is 5.21. The SMILES string of the molecule is CN1CCCCC1CCOc1ccc(F)cc1. The average molecular weight is 237 g/mol. The number of ether oxygens (including phenoxy) is 1. The molecule has 1 unspecified atom stereocenters. The zero-order valence-electron chi connectivity index (χ0n) is 10.4. The van der Waals surface area contributed by atoms with Crippen molar-refractivity contribution in [2.24, 2.45) is 0 Å². The van der Waals surface area contributed by atoms with Crippen LogP contribution < -0.4 is 4.74 Å². The number of nitrogens with zero attached hydrogens (tertiary/aromatic N) is 1. The van der Waals surface area contributed by atoms with Crippen LogP contribution in [0.15, 0.2) is 24.3 Å². The maximum Gasteiger partial charge on any atom is 0.123 e. The van der Waals surface area contributed by atoms with Gasteiger partial charge in [0.25, 0.3) is 0 Å². The Kier molecular flexibility index (Phi) is 4.37. The van der Waals surface area contributed by atoms with Crippen LogP contribution >= 0.6 is 0 Å². The lowest BCUT2D eigenvalue weighted by atomic mass is 10.0. The molecular weight excluding hydrogens is 217 g/mol. The van der Waals surface area contributed by atoms with Gasteiger partial charge in [-0.3, -0.25) is 0 Å². The van der Waals surface area contributed by atoms with E-state index >= 15 is 0 Å². The van der Waals surface area contributed by atoms with E-state index in [1.54, 1.807) is 12.1 Å². The van der Waals surface area contributed by atoms with Gasteiger partial charge < -0.3 is 9.64 Å². The average Bonchev–Trinajstić information content (AvgIpc) is 2.34. The van der Waals surface area contributed by atoms with Gasteiger partial charge in [0, 0.05) is 6.04 Å². The number of piperidine rings is 1. The first-order valence-electron chi connectivity index (χ1n) is 6.34. The first-order valence-corrected chi connectivity index (χ1v) is 6.34. The van der Waals surface area contributed by atoms with E-state index in [-0.39, 0.29) is 5.82 Å². The first kappa shape index (κ1) is 12.4. The molecule has 1 aliphatic rings. The molecule has 1 atom stereocenters. The Morgan fingerprint density at radius 1 is 1.29 bits per heavy atom. The van der Waals surface area contributed by atoms with Crippen LogP contribution in [-0.4, -0.2) is 31.1 Å². The van der Waals surface area contributed by atoms with Crippen molar-refractivity contribution in [3.05, 3.63) is 30.1 Å². The highest BCUT2D eigenvalue weighted by Crippen LogP contribution is 2.18. The maximum absolute atomic E-state index is 12.7. The first-order chi connectivity index (χ1) is 8.25. The Labute approximate surface area is 102 Å². The van der Waals surface area contributed by atoms with Crippen LogP contribution in [-0.2, 0) is 0 Å². The fourth-order valence-corrected chi connectivity index (χ4v) is 2.35. The van der Waals surface area contributed by atoms with Crippen LogP contribution in [0.3, 0.4) is 0 Å². The minimum Gasteiger partial charge on any atom is -0.494 e. The highest BCUT2D eigenvalue weighted by atomic mass is 19.1. The molecule has 0 aliphatic carbocycles. The number of likely N-dealkylation sites (tertiary alicyclic amines) is 1. The number of hydrogen-bond donors (Lipinski definition) is 0.